The SMILES string of the molecule is CNC(=O)[C@@H](C)N(Cc1c(Cl)cccc1Cl)C(=O)CCCN1c2cccc3cccc(c23)S1(=O)=O. The number of hydrogen-bond donors (Lipinski definition) is 1. The third kappa shape index (κ3) is 4.70. The highest BCUT2D eigenvalue weighted by Crippen LogP contribution is 2.42. The molecule has 35 heavy (non-hydrogen) atoms. The van der Waals surface area contributed by atoms with Crippen molar-refractivity contribution in [2.24, 2.45) is 0 Å². The molecule has 0 aliphatic carbocycles. The van der Waals surface area contributed by atoms with Gasteiger partial charge in [-0.15, -0.1) is 0 Å². The molecule has 0 fully saturated rings. The number of hydrogen-bond acceptors (Lipinski definition) is 4. The van der Waals surface area contributed by atoms with Gasteiger partial charge in [0, 0.05) is 47.6 Å². The maximum Gasteiger partial charge on any atom is 0.265 e. The van der Waals surface area contributed by atoms with E-state index in [1.54, 1.807) is 43.3 Å². The number of benzene rings is 3. The van der Waals surface area contributed by atoms with Crippen LogP contribution < -0.4 is 9.62 Å². The molecule has 1 N–H and O–H groups in total. The number of nitrogens with one attached hydrogen (secondary N) is 1. The lowest BCUT2D eigenvalue weighted by atomic mass is 10.1. The van der Waals surface area contributed by atoms with Gasteiger partial charge in [0.15, 0.2) is 0 Å². The first-order valence-corrected chi connectivity index (χ1v) is 13.3. The normalized spacial score (nSPS) is 14.7. The van der Waals surface area contributed by atoms with Crippen molar-refractivity contribution in [3.05, 3.63) is 70.2 Å². The van der Waals surface area contributed by atoms with E-state index in [4.69, 9.17) is 23.2 Å². The van der Waals surface area contributed by atoms with Crippen LogP contribution in [-0.2, 0) is 26.2 Å². The Morgan fingerprint density at radius 1 is 1.03 bits per heavy atom. The first kappa shape index (κ1) is 25.3. The molecule has 0 radical (unpaired) electrons. The van der Waals surface area contributed by atoms with E-state index in [9.17, 15) is 18.0 Å². The molecule has 2 amide bonds. The Morgan fingerprint density at radius 2 is 1.66 bits per heavy atom. The minimum atomic E-state index is -3.70. The van der Waals surface area contributed by atoms with Gasteiger partial charge in [0.1, 0.15) is 6.04 Å². The zero-order valence-corrected chi connectivity index (χ0v) is 21.6. The van der Waals surface area contributed by atoms with E-state index in [1.165, 1.54) is 16.3 Å². The van der Waals surface area contributed by atoms with Crippen LogP contribution in [0.5, 0.6) is 0 Å². The van der Waals surface area contributed by atoms with Crippen LogP contribution in [0.1, 0.15) is 25.3 Å². The van der Waals surface area contributed by atoms with E-state index < -0.39 is 16.1 Å². The van der Waals surface area contributed by atoms with Gasteiger partial charge in [-0.2, -0.15) is 0 Å². The second-order valence-corrected chi connectivity index (χ2v) is 11.0. The summed E-state index contributed by atoms with van der Waals surface area (Å²) in [5, 5.41) is 4.90. The molecule has 0 bridgehead atoms. The maximum absolute atomic E-state index is 13.3. The minimum Gasteiger partial charge on any atom is -0.357 e. The molecular weight excluding hydrogens is 509 g/mol. The number of carbonyl (C=O) groups is 2. The quantitative estimate of drug-likeness (QED) is 0.458. The average Bonchev–Trinajstić information content (AvgIpc) is 3.06. The highest BCUT2D eigenvalue weighted by molar-refractivity contribution is 7.93. The number of amides is 2. The zero-order valence-electron chi connectivity index (χ0n) is 19.3. The molecule has 3 aromatic carbocycles. The lowest BCUT2D eigenvalue weighted by Crippen LogP contribution is -2.47. The van der Waals surface area contributed by atoms with Crippen LogP contribution in [0.3, 0.4) is 0 Å². The summed E-state index contributed by atoms with van der Waals surface area (Å²) in [6.45, 7) is 1.82. The summed E-state index contributed by atoms with van der Waals surface area (Å²) in [5.41, 5.74) is 1.16. The van der Waals surface area contributed by atoms with Crippen molar-refractivity contribution in [2.75, 3.05) is 17.9 Å². The van der Waals surface area contributed by atoms with Gasteiger partial charge in [-0.1, -0.05) is 53.5 Å². The molecule has 0 saturated carbocycles. The third-order valence-corrected chi connectivity index (χ3v) is 8.80. The monoisotopic (exact) mass is 533 g/mol. The van der Waals surface area contributed by atoms with E-state index >= 15 is 0 Å². The molecule has 0 aromatic heterocycles. The molecular formula is C25H25Cl2N3O4S. The number of rotatable bonds is 8. The molecule has 10 heteroatoms. The Bertz CT molecular complexity index is 1390. The molecule has 0 unspecified atom stereocenters. The fourth-order valence-electron chi connectivity index (χ4n) is 4.36. The molecule has 4 rings (SSSR count). The predicted octanol–water partition coefficient (Wildman–Crippen LogP) is 4.60. The molecule has 0 spiro atoms. The summed E-state index contributed by atoms with van der Waals surface area (Å²) >= 11 is 12.6. The molecule has 3 aromatic rings. The summed E-state index contributed by atoms with van der Waals surface area (Å²) < 4.78 is 27.7. The van der Waals surface area contributed by atoms with Crippen molar-refractivity contribution in [1.82, 2.24) is 10.2 Å². The van der Waals surface area contributed by atoms with Gasteiger partial charge in [-0.05, 0) is 43.0 Å². The smallest absolute Gasteiger partial charge is 0.265 e. The first-order chi connectivity index (χ1) is 16.7. The van der Waals surface area contributed by atoms with Crippen LogP contribution in [0.4, 0.5) is 5.69 Å². The van der Waals surface area contributed by atoms with Crippen molar-refractivity contribution >= 4 is 61.5 Å². The molecule has 1 aliphatic rings. The largest absolute Gasteiger partial charge is 0.357 e. The number of nitrogens with zero attached hydrogens (tertiary/aromatic N) is 2. The van der Waals surface area contributed by atoms with E-state index in [0.29, 0.717) is 26.7 Å². The average molecular weight is 534 g/mol. The van der Waals surface area contributed by atoms with Gasteiger partial charge in [0.2, 0.25) is 11.8 Å². The van der Waals surface area contributed by atoms with Crippen molar-refractivity contribution in [1.29, 1.82) is 0 Å². The summed E-state index contributed by atoms with van der Waals surface area (Å²) in [5.74, 6) is -0.629. The fraction of sp³-hybridized carbons (Fsp3) is 0.280. The van der Waals surface area contributed by atoms with Crippen molar-refractivity contribution in [2.45, 2.75) is 37.2 Å². The molecule has 1 heterocycles. The topological polar surface area (TPSA) is 86.8 Å². The van der Waals surface area contributed by atoms with Crippen molar-refractivity contribution in [3.8, 4) is 0 Å². The van der Waals surface area contributed by atoms with Crippen LogP contribution in [0.2, 0.25) is 10.0 Å². The first-order valence-electron chi connectivity index (χ1n) is 11.1. The van der Waals surface area contributed by atoms with E-state index in [2.05, 4.69) is 5.32 Å². The highest BCUT2D eigenvalue weighted by atomic mass is 35.5. The van der Waals surface area contributed by atoms with Crippen LogP contribution >= 0.6 is 23.2 Å². The number of sulfonamides is 1. The van der Waals surface area contributed by atoms with Crippen LogP contribution in [-0.4, -0.2) is 44.8 Å². The zero-order chi connectivity index (χ0) is 25.3. The fourth-order valence-corrected chi connectivity index (χ4v) is 6.63. The highest BCUT2D eigenvalue weighted by Gasteiger charge is 2.35. The van der Waals surface area contributed by atoms with Crippen LogP contribution in [0.25, 0.3) is 10.8 Å². The minimum absolute atomic E-state index is 0.0434. The summed E-state index contributed by atoms with van der Waals surface area (Å²) in [4.78, 5) is 27.3. The lowest BCUT2D eigenvalue weighted by molar-refractivity contribution is -0.140. The van der Waals surface area contributed by atoms with E-state index in [0.717, 1.165) is 5.39 Å². The van der Waals surface area contributed by atoms with Gasteiger partial charge in [0.25, 0.3) is 10.0 Å². The summed E-state index contributed by atoms with van der Waals surface area (Å²) in [7, 11) is -2.20. The molecule has 0 saturated heterocycles. The lowest BCUT2D eigenvalue weighted by Gasteiger charge is -2.29. The van der Waals surface area contributed by atoms with Gasteiger partial charge in [0.05, 0.1) is 10.6 Å². The van der Waals surface area contributed by atoms with Crippen LogP contribution in [0.15, 0.2) is 59.5 Å². The molecule has 7 nitrogen and oxygen atoms in total. The van der Waals surface area contributed by atoms with Gasteiger partial charge < -0.3 is 10.2 Å². The van der Waals surface area contributed by atoms with Gasteiger partial charge >= 0.3 is 0 Å². The van der Waals surface area contributed by atoms with Gasteiger partial charge in [-0.3, -0.25) is 13.9 Å². The maximum atomic E-state index is 13.3. The third-order valence-electron chi connectivity index (χ3n) is 6.24. The second-order valence-electron chi connectivity index (χ2n) is 8.32. The van der Waals surface area contributed by atoms with Gasteiger partial charge in [-0.25, -0.2) is 8.42 Å². The molecule has 184 valence electrons. The Morgan fingerprint density at radius 3 is 2.31 bits per heavy atom. The Balaban J connectivity index is 1.52. The number of likely N-dealkylation sites (N-methyl/N-ethyl adjacent to an activating group) is 1. The van der Waals surface area contributed by atoms with E-state index in [1.807, 2.05) is 18.2 Å². The number of anilines is 1. The van der Waals surface area contributed by atoms with E-state index in [-0.39, 0.29) is 42.6 Å². The second kappa shape index (κ2) is 10.0. The number of halogens is 2. The Labute approximate surface area is 214 Å². The Hall–Kier alpha value is -2.81. The number of carbonyl (C=O) groups excluding carboxylic acids is 2. The predicted molar refractivity (Wildman–Crippen MR) is 138 cm³/mol. The standard InChI is InChI=1S/C25H25Cl2N3O4S/c1-16(25(32)28-2)29(15-18-19(26)9-5-10-20(18)27)23(31)13-6-14-30-21-11-3-7-17-8-4-12-22(24(17)21)35(30,33)34/h3-5,7-12,16H,6,13-15H2,1-2H3,(H,28,32)/t16-/m1/s1. The Kier molecular flexibility index (Phi) is 7.26. The van der Waals surface area contributed by atoms with Crippen LogP contribution in [0, 0.1) is 0 Å². The summed E-state index contributed by atoms with van der Waals surface area (Å²) in [6, 6.07) is 15.0. The van der Waals surface area contributed by atoms with Crippen molar-refractivity contribution in [3.63, 3.8) is 0 Å². The summed E-state index contributed by atoms with van der Waals surface area (Å²) in [6.07, 6.45) is 0.317. The molecule has 1 aliphatic heterocycles. The van der Waals surface area contributed by atoms with Crippen molar-refractivity contribution < 1.29 is 18.0 Å². The molecule has 1 atom stereocenters.